The molecule has 1 unspecified atom stereocenters. The molecule has 0 bridgehead atoms. The van der Waals surface area contributed by atoms with Gasteiger partial charge in [0, 0.05) is 26.7 Å². The fourth-order valence-corrected chi connectivity index (χ4v) is 2.57. The highest BCUT2D eigenvalue weighted by Crippen LogP contribution is 2.23. The summed E-state index contributed by atoms with van der Waals surface area (Å²) >= 11 is 0. The Balaban J connectivity index is 1.82. The Kier molecular flexibility index (Phi) is 6.07. The molecule has 0 aliphatic carbocycles. The summed E-state index contributed by atoms with van der Waals surface area (Å²) in [6, 6.07) is 8.10. The Labute approximate surface area is 133 Å². The van der Waals surface area contributed by atoms with Crippen molar-refractivity contribution in [1.82, 2.24) is 10.6 Å². The Morgan fingerprint density at radius 3 is 2.95 bits per heavy atom. The third-order valence-electron chi connectivity index (χ3n) is 3.82. The molecule has 0 amide bonds. The average molecular weight is 305 g/mol. The van der Waals surface area contributed by atoms with Crippen LogP contribution in [-0.4, -0.2) is 38.4 Å². The third-order valence-corrected chi connectivity index (χ3v) is 3.82. The third kappa shape index (κ3) is 4.91. The second-order valence-electron chi connectivity index (χ2n) is 5.76. The molecule has 1 aliphatic rings. The van der Waals surface area contributed by atoms with E-state index in [-0.39, 0.29) is 5.60 Å². The topological polar surface area (TPSA) is 54.9 Å². The minimum atomic E-state index is -0.0769. The largest absolute Gasteiger partial charge is 0.494 e. The van der Waals surface area contributed by atoms with Crippen LogP contribution in [-0.2, 0) is 11.3 Å². The summed E-state index contributed by atoms with van der Waals surface area (Å²) in [6.07, 6.45) is 2.22. The summed E-state index contributed by atoms with van der Waals surface area (Å²) in [5, 5.41) is 6.67. The van der Waals surface area contributed by atoms with Gasteiger partial charge in [0.05, 0.1) is 12.2 Å². The van der Waals surface area contributed by atoms with Gasteiger partial charge in [-0.15, -0.1) is 0 Å². The van der Waals surface area contributed by atoms with Crippen molar-refractivity contribution < 1.29 is 9.47 Å². The minimum Gasteiger partial charge on any atom is -0.494 e. The zero-order valence-corrected chi connectivity index (χ0v) is 13.8. The quantitative estimate of drug-likeness (QED) is 0.625. The van der Waals surface area contributed by atoms with Gasteiger partial charge in [-0.3, -0.25) is 4.99 Å². The number of hydrogen-bond acceptors (Lipinski definition) is 3. The van der Waals surface area contributed by atoms with Crippen LogP contribution in [0, 0.1) is 0 Å². The Morgan fingerprint density at radius 1 is 1.41 bits per heavy atom. The first-order valence-corrected chi connectivity index (χ1v) is 7.95. The molecule has 1 heterocycles. The van der Waals surface area contributed by atoms with Crippen LogP contribution >= 0.6 is 0 Å². The number of hydrogen-bond donors (Lipinski definition) is 2. The van der Waals surface area contributed by atoms with Crippen LogP contribution in [0.3, 0.4) is 0 Å². The van der Waals surface area contributed by atoms with E-state index in [4.69, 9.17) is 9.47 Å². The molecule has 0 aromatic heterocycles. The highest BCUT2D eigenvalue weighted by Gasteiger charge is 2.29. The maximum Gasteiger partial charge on any atom is 0.191 e. The molecule has 0 saturated carbocycles. The van der Waals surface area contributed by atoms with Gasteiger partial charge in [-0.1, -0.05) is 12.1 Å². The molecule has 1 saturated heterocycles. The fourth-order valence-electron chi connectivity index (χ4n) is 2.57. The number of nitrogens with one attached hydrogen (secondary N) is 2. The van der Waals surface area contributed by atoms with E-state index < -0.39 is 0 Å². The van der Waals surface area contributed by atoms with Crippen molar-refractivity contribution in [3.05, 3.63) is 29.8 Å². The lowest BCUT2D eigenvalue weighted by Crippen LogP contribution is -2.45. The minimum absolute atomic E-state index is 0.0769. The van der Waals surface area contributed by atoms with Gasteiger partial charge in [-0.05, 0) is 44.4 Å². The molecular formula is C17H27N3O2. The number of ether oxygens (including phenoxy) is 2. The van der Waals surface area contributed by atoms with E-state index in [1.54, 1.807) is 7.05 Å². The smallest absolute Gasteiger partial charge is 0.191 e. The lowest BCUT2D eigenvalue weighted by Gasteiger charge is -2.24. The van der Waals surface area contributed by atoms with Crippen LogP contribution < -0.4 is 15.4 Å². The second kappa shape index (κ2) is 8.03. The molecule has 2 N–H and O–H groups in total. The van der Waals surface area contributed by atoms with Crippen LogP contribution in [0.1, 0.15) is 32.3 Å². The zero-order valence-electron chi connectivity index (χ0n) is 13.8. The molecule has 2 rings (SSSR count). The maximum absolute atomic E-state index is 5.78. The lowest BCUT2D eigenvalue weighted by molar-refractivity contribution is 0.0243. The van der Waals surface area contributed by atoms with Gasteiger partial charge in [-0.25, -0.2) is 0 Å². The molecule has 1 aliphatic heterocycles. The van der Waals surface area contributed by atoms with Crippen LogP contribution in [0.2, 0.25) is 0 Å². The Bertz CT molecular complexity index is 496. The Morgan fingerprint density at radius 2 is 2.27 bits per heavy atom. The van der Waals surface area contributed by atoms with E-state index in [9.17, 15) is 0 Å². The van der Waals surface area contributed by atoms with E-state index in [0.29, 0.717) is 13.2 Å². The first-order valence-electron chi connectivity index (χ1n) is 7.95. The molecule has 1 aromatic rings. The molecule has 22 heavy (non-hydrogen) atoms. The summed E-state index contributed by atoms with van der Waals surface area (Å²) in [4.78, 5) is 4.26. The number of aliphatic imine (C=N–C) groups is 1. The van der Waals surface area contributed by atoms with Gasteiger partial charge in [0.25, 0.3) is 0 Å². The van der Waals surface area contributed by atoms with Crippen molar-refractivity contribution in [2.24, 2.45) is 4.99 Å². The fraction of sp³-hybridized carbons (Fsp3) is 0.588. The molecule has 0 radical (unpaired) electrons. The van der Waals surface area contributed by atoms with E-state index in [1.807, 2.05) is 25.1 Å². The zero-order chi connectivity index (χ0) is 15.8. The van der Waals surface area contributed by atoms with Crippen molar-refractivity contribution in [1.29, 1.82) is 0 Å². The molecule has 1 atom stereocenters. The van der Waals surface area contributed by atoms with Crippen molar-refractivity contribution in [2.75, 3.05) is 26.8 Å². The summed E-state index contributed by atoms with van der Waals surface area (Å²) in [6.45, 7) is 7.14. The number of benzene rings is 1. The second-order valence-corrected chi connectivity index (χ2v) is 5.76. The summed E-state index contributed by atoms with van der Waals surface area (Å²) in [5.74, 6) is 1.69. The van der Waals surface area contributed by atoms with Crippen molar-refractivity contribution in [2.45, 2.75) is 38.8 Å². The van der Waals surface area contributed by atoms with Crippen LogP contribution in [0.5, 0.6) is 5.75 Å². The summed E-state index contributed by atoms with van der Waals surface area (Å²) in [5.41, 5.74) is 1.09. The highest BCUT2D eigenvalue weighted by atomic mass is 16.5. The van der Waals surface area contributed by atoms with Gasteiger partial charge in [-0.2, -0.15) is 0 Å². The van der Waals surface area contributed by atoms with E-state index in [1.165, 1.54) is 0 Å². The predicted molar refractivity (Wildman–Crippen MR) is 89.4 cm³/mol. The first-order chi connectivity index (χ1) is 10.6. The number of rotatable bonds is 6. The summed E-state index contributed by atoms with van der Waals surface area (Å²) < 4.78 is 11.3. The van der Waals surface area contributed by atoms with Crippen LogP contribution in [0.25, 0.3) is 0 Å². The Hall–Kier alpha value is -1.75. The number of nitrogens with zero attached hydrogens (tertiary/aromatic N) is 1. The van der Waals surface area contributed by atoms with Gasteiger partial charge in [0.1, 0.15) is 5.75 Å². The molecule has 0 spiro atoms. The van der Waals surface area contributed by atoms with Gasteiger partial charge < -0.3 is 20.1 Å². The van der Waals surface area contributed by atoms with Gasteiger partial charge >= 0.3 is 0 Å². The first kappa shape index (κ1) is 16.6. The number of guanidine groups is 1. The van der Waals surface area contributed by atoms with Crippen LogP contribution in [0.15, 0.2) is 29.3 Å². The molecule has 5 nitrogen and oxygen atoms in total. The molecular weight excluding hydrogens is 278 g/mol. The normalized spacial score (nSPS) is 21.7. The molecule has 122 valence electrons. The molecule has 1 aromatic carbocycles. The summed E-state index contributed by atoms with van der Waals surface area (Å²) in [7, 11) is 1.78. The predicted octanol–water partition coefficient (Wildman–Crippen LogP) is 2.32. The van der Waals surface area contributed by atoms with E-state index in [0.717, 1.165) is 43.3 Å². The van der Waals surface area contributed by atoms with Crippen molar-refractivity contribution >= 4 is 5.96 Å². The maximum atomic E-state index is 5.78. The van der Waals surface area contributed by atoms with Crippen molar-refractivity contribution in [3.8, 4) is 5.75 Å². The highest BCUT2D eigenvalue weighted by molar-refractivity contribution is 5.79. The van der Waals surface area contributed by atoms with Gasteiger partial charge in [0.2, 0.25) is 0 Å². The molecule has 5 heteroatoms. The van der Waals surface area contributed by atoms with E-state index >= 15 is 0 Å². The van der Waals surface area contributed by atoms with Crippen LogP contribution in [0.4, 0.5) is 0 Å². The SMILES string of the molecule is CCOc1cccc(CNC(=NC)NCC2(C)CCCO2)c1. The standard InChI is InChI=1S/C17H27N3O2/c1-4-21-15-8-5-7-14(11-15)12-19-16(18-3)20-13-17(2)9-6-10-22-17/h5,7-8,11H,4,6,9-10,12-13H2,1-3H3,(H2,18,19,20). The monoisotopic (exact) mass is 305 g/mol. The van der Waals surface area contributed by atoms with Gasteiger partial charge in [0.15, 0.2) is 5.96 Å². The van der Waals surface area contributed by atoms with E-state index in [2.05, 4.69) is 28.6 Å². The molecule has 1 fully saturated rings. The lowest BCUT2D eigenvalue weighted by atomic mass is 10.0. The average Bonchev–Trinajstić information content (AvgIpc) is 2.95. The van der Waals surface area contributed by atoms with Crippen molar-refractivity contribution in [3.63, 3.8) is 0 Å².